The van der Waals surface area contributed by atoms with Crippen molar-refractivity contribution in [2.24, 2.45) is 0 Å². The first-order valence-corrected chi connectivity index (χ1v) is 11.0. The number of imidazole rings is 1. The van der Waals surface area contributed by atoms with Gasteiger partial charge in [-0.05, 0) is 0 Å². The summed E-state index contributed by atoms with van der Waals surface area (Å²) in [5.41, 5.74) is 0.231. The molecule has 2 aromatic heterocycles. The van der Waals surface area contributed by atoms with E-state index in [1.54, 1.807) is 24.8 Å². The monoisotopic (exact) mass is 438 g/mol. The van der Waals surface area contributed by atoms with Gasteiger partial charge >= 0.3 is 0 Å². The van der Waals surface area contributed by atoms with Crippen LogP contribution in [0.1, 0.15) is 16.3 Å². The number of anilines is 1. The van der Waals surface area contributed by atoms with Gasteiger partial charge in [-0.25, -0.2) is 18.4 Å². The van der Waals surface area contributed by atoms with Gasteiger partial charge in [-0.15, -0.1) is 0 Å². The van der Waals surface area contributed by atoms with Crippen molar-refractivity contribution >= 4 is 28.0 Å². The lowest BCUT2D eigenvalue weighted by atomic mass is 10.2. The highest BCUT2D eigenvalue weighted by atomic mass is 32.2. The number of aromatic nitrogens is 4. The molecule has 0 unspecified atom stereocenters. The first-order chi connectivity index (χ1) is 14.3. The molecule has 12 nitrogen and oxygen atoms in total. The molecule has 30 heavy (non-hydrogen) atoms. The predicted octanol–water partition coefficient (Wildman–Crippen LogP) is -1.68. The number of hydrogen-bond donors (Lipinski definition) is 3. The molecule has 0 aromatic carbocycles. The topological polar surface area (TPSA) is 168 Å². The van der Waals surface area contributed by atoms with E-state index in [0.717, 1.165) is 11.6 Å². The number of carbonyl (C=O) groups is 2. The molecule has 0 saturated carbocycles. The van der Waals surface area contributed by atoms with Crippen LogP contribution in [-0.2, 0) is 27.6 Å². The number of carboxylic acid groups (broad SMARTS) is 1. The molecular weight excluding hydrogens is 416 g/mol. The molecule has 3 N–H and O–H groups in total. The Balaban J connectivity index is 0.000000806. The number of carbonyl (C=O) groups excluding carboxylic acids is 1. The van der Waals surface area contributed by atoms with Crippen LogP contribution in [0, 0.1) is 0 Å². The van der Waals surface area contributed by atoms with Crippen LogP contribution in [0.3, 0.4) is 0 Å². The smallest absolute Gasteiger partial charge is 0.290 e. The van der Waals surface area contributed by atoms with Crippen molar-refractivity contribution in [3.8, 4) is 0 Å². The third kappa shape index (κ3) is 5.10. The molecule has 4 heterocycles. The van der Waals surface area contributed by atoms with Crippen molar-refractivity contribution < 1.29 is 28.2 Å². The molecule has 0 radical (unpaired) electrons. The zero-order valence-electron chi connectivity index (χ0n) is 16.0. The van der Waals surface area contributed by atoms with E-state index < -0.39 is 27.9 Å². The molecule has 2 aliphatic heterocycles. The van der Waals surface area contributed by atoms with Crippen LogP contribution in [0.25, 0.3) is 0 Å². The number of aliphatic hydroxyl groups excluding tert-OH is 1. The summed E-state index contributed by atoms with van der Waals surface area (Å²) in [6.45, 7) is 1.81. The van der Waals surface area contributed by atoms with Gasteiger partial charge in [0, 0.05) is 44.6 Å². The Kier molecular flexibility index (Phi) is 6.62. The van der Waals surface area contributed by atoms with Gasteiger partial charge in [0.15, 0.2) is 9.84 Å². The lowest BCUT2D eigenvalue weighted by molar-refractivity contribution is -0.122. The molecule has 0 aliphatic carbocycles. The SMILES string of the molecule is O=C(N[C@@H]1CS(=O)(=O)C[C@H]1O)c1cn2c(n1)CCN(c1cnccn1)CC2.O=CO. The maximum absolute atomic E-state index is 12.4. The van der Waals surface area contributed by atoms with Gasteiger partial charge in [0.25, 0.3) is 12.4 Å². The average molecular weight is 438 g/mol. The Morgan fingerprint density at radius 2 is 2.00 bits per heavy atom. The Bertz CT molecular complexity index is 970. The fraction of sp³-hybridized carbons (Fsp3) is 0.471. The largest absolute Gasteiger partial charge is 0.483 e. The van der Waals surface area contributed by atoms with E-state index in [-0.39, 0.29) is 23.7 Å². The Hall–Kier alpha value is -3.06. The van der Waals surface area contributed by atoms with Crippen LogP contribution >= 0.6 is 0 Å². The molecule has 4 rings (SSSR count). The van der Waals surface area contributed by atoms with Crippen molar-refractivity contribution in [1.29, 1.82) is 0 Å². The summed E-state index contributed by atoms with van der Waals surface area (Å²) in [5.74, 6) is 0.544. The van der Waals surface area contributed by atoms with Crippen LogP contribution in [-0.4, -0.2) is 87.3 Å². The van der Waals surface area contributed by atoms with Crippen molar-refractivity contribution in [2.45, 2.75) is 25.1 Å². The highest BCUT2D eigenvalue weighted by Gasteiger charge is 2.37. The van der Waals surface area contributed by atoms with Crippen molar-refractivity contribution in [3.63, 3.8) is 0 Å². The first-order valence-electron chi connectivity index (χ1n) is 9.17. The second-order valence-electron chi connectivity index (χ2n) is 6.87. The lowest BCUT2D eigenvalue weighted by Crippen LogP contribution is -2.42. The van der Waals surface area contributed by atoms with E-state index in [0.29, 0.717) is 26.1 Å². The van der Waals surface area contributed by atoms with Crippen molar-refractivity contribution in [3.05, 3.63) is 36.3 Å². The van der Waals surface area contributed by atoms with Crippen LogP contribution in [0.15, 0.2) is 24.8 Å². The Morgan fingerprint density at radius 1 is 1.23 bits per heavy atom. The second-order valence-corrected chi connectivity index (χ2v) is 9.02. The third-order valence-electron chi connectivity index (χ3n) is 4.82. The number of aliphatic hydroxyl groups is 1. The molecule has 2 atom stereocenters. The second kappa shape index (κ2) is 9.17. The fourth-order valence-electron chi connectivity index (χ4n) is 3.42. The van der Waals surface area contributed by atoms with Gasteiger partial charge in [-0.1, -0.05) is 0 Å². The van der Waals surface area contributed by atoms with E-state index in [2.05, 4.69) is 25.2 Å². The molecule has 13 heteroatoms. The third-order valence-corrected chi connectivity index (χ3v) is 6.54. The molecular formula is C17H22N6O6S. The first kappa shape index (κ1) is 21.6. The fourth-order valence-corrected chi connectivity index (χ4v) is 5.17. The van der Waals surface area contributed by atoms with Crippen LogP contribution < -0.4 is 10.2 Å². The number of sulfone groups is 1. The standard InChI is InChI=1S/C16H20N6O4S.CH2O2/c23-13-10-27(25,26)9-12(13)20-16(24)11-8-22-6-5-21(4-1-14(22)19-11)15-7-17-2-3-18-15;2-1-3/h2-3,7-8,12-13,23H,1,4-6,9-10H2,(H,20,24);1H,(H,2,3)/t12-,13-;/m1./s1. The van der Waals surface area contributed by atoms with Gasteiger partial charge in [-0.2, -0.15) is 0 Å². The van der Waals surface area contributed by atoms with Crippen molar-refractivity contribution in [1.82, 2.24) is 24.8 Å². The number of nitrogens with one attached hydrogen (secondary N) is 1. The lowest BCUT2D eigenvalue weighted by Gasteiger charge is -2.20. The molecule has 0 spiro atoms. The summed E-state index contributed by atoms with van der Waals surface area (Å²) in [6.07, 6.45) is 6.22. The molecule has 1 amide bonds. The van der Waals surface area contributed by atoms with Crippen LogP contribution in [0.4, 0.5) is 5.82 Å². The maximum atomic E-state index is 12.4. The predicted molar refractivity (Wildman–Crippen MR) is 105 cm³/mol. The number of rotatable bonds is 3. The summed E-state index contributed by atoms with van der Waals surface area (Å²) >= 11 is 0. The van der Waals surface area contributed by atoms with Gasteiger partial charge in [0.05, 0.1) is 29.8 Å². The molecule has 0 bridgehead atoms. The minimum absolute atomic E-state index is 0.231. The summed E-state index contributed by atoms with van der Waals surface area (Å²) < 4.78 is 25.1. The minimum atomic E-state index is -3.32. The number of amides is 1. The highest BCUT2D eigenvalue weighted by molar-refractivity contribution is 7.91. The van der Waals surface area contributed by atoms with Crippen LogP contribution in [0.5, 0.6) is 0 Å². The summed E-state index contributed by atoms with van der Waals surface area (Å²) in [4.78, 5) is 35.7. The molecule has 1 saturated heterocycles. The summed E-state index contributed by atoms with van der Waals surface area (Å²) in [7, 11) is -3.32. The number of hydrogen-bond acceptors (Lipinski definition) is 9. The van der Waals surface area contributed by atoms with Gasteiger partial charge in [-0.3, -0.25) is 14.6 Å². The zero-order chi connectivity index (χ0) is 21.7. The number of fused-ring (bicyclic) bond motifs is 1. The minimum Gasteiger partial charge on any atom is -0.483 e. The van der Waals surface area contributed by atoms with Gasteiger partial charge in [0.2, 0.25) is 0 Å². The maximum Gasteiger partial charge on any atom is 0.290 e. The summed E-state index contributed by atoms with van der Waals surface area (Å²) in [5, 5.41) is 19.3. The Labute approximate surface area is 172 Å². The van der Waals surface area contributed by atoms with E-state index in [1.165, 1.54) is 0 Å². The van der Waals surface area contributed by atoms with Gasteiger partial charge < -0.3 is 25.0 Å². The van der Waals surface area contributed by atoms with E-state index >= 15 is 0 Å². The number of nitrogens with zero attached hydrogens (tertiary/aromatic N) is 5. The van der Waals surface area contributed by atoms with Crippen LogP contribution in [0.2, 0.25) is 0 Å². The molecule has 1 fully saturated rings. The summed E-state index contributed by atoms with van der Waals surface area (Å²) in [6, 6.07) is -0.795. The van der Waals surface area contributed by atoms with E-state index in [4.69, 9.17) is 9.90 Å². The van der Waals surface area contributed by atoms with E-state index in [9.17, 15) is 18.3 Å². The van der Waals surface area contributed by atoms with Gasteiger partial charge in [0.1, 0.15) is 17.3 Å². The van der Waals surface area contributed by atoms with Crippen molar-refractivity contribution in [2.75, 3.05) is 29.5 Å². The zero-order valence-corrected chi connectivity index (χ0v) is 16.8. The normalized spacial score (nSPS) is 22.2. The highest BCUT2D eigenvalue weighted by Crippen LogP contribution is 2.16. The Morgan fingerprint density at radius 3 is 2.63 bits per heavy atom. The molecule has 2 aliphatic rings. The average Bonchev–Trinajstić information content (AvgIpc) is 3.15. The van der Waals surface area contributed by atoms with E-state index in [1.807, 2.05) is 4.57 Å². The quantitative estimate of drug-likeness (QED) is 0.471. The molecule has 2 aromatic rings. The molecule has 162 valence electrons.